The van der Waals surface area contributed by atoms with E-state index in [2.05, 4.69) is 0 Å². The van der Waals surface area contributed by atoms with Crippen molar-refractivity contribution in [2.75, 3.05) is 0 Å². The third kappa shape index (κ3) is 2.44. The van der Waals surface area contributed by atoms with Gasteiger partial charge in [-0.15, -0.1) is 11.3 Å². The first-order chi connectivity index (χ1) is 9.24. The molecule has 0 aliphatic carbocycles. The average Bonchev–Trinajstić information content (AvgIpc) is 2.81. The van der Waals surface area contributed by atoms with Crippen molar-refractivity contribution in [1.82, 2.24) is 0 Å². The Morgan fingerprint density at radius 2 is 1.89 bits per heavy atom. The van der Waals surface area contributed by atoms with Crippen LogP contribution in [0.15, 0.2) is 47.8 Å². The molecule has 0 unspecified atom stereocenters. The van der Waals surface area contributed by atoms with E-state index in [1.807, 2.05) is 11.4 Å². The Hall–Kier alpha value is -1.94. The largest absolute Gasteiger partial charge is 0.489 e. The van der Waals surface area contributed by atoms with Crippen molar-refractivity contribution in [3.05, 3.63) is 65.0 Å². The van der Waals surface area contributed by atoms with E-state index in [9.17, 15) is 8.78 Å². The van der Waals surface area contributed by atoms with E-state index >= 15 is 0 Å². The fraction of sp³-hybridized carbons (Fsp3) is 0.0667. The molecule has 3 aromatic rings. The summed E-state index contributed by atoms with van der Waals surface area (Å²) in [6.45, 7) is 0.299. The highest BCUT2D eigenvalue weighted by molar-refractivity contribution is 7.17. The second-order valence-corrected chi connectivity index (χ2v) is 5.00. The van der Waals surface area contributed by atoms with E-state index < -0.39 is 0 Å². The summed E-state index contributed by atoms with van der Waals surface area (Å²) in [5.41, 5.74) is 0.906. The zero-order valence-electron chi connectivity index (χ0n) is 9.90. The van der Waals surface area contributed by atoms with Gasteiger partial charge in [0.25, 0.3) is 0 Å². The topological polar surface area (TPSA) is 9.23 Å². The molecule has 0 amide bonds. The van der Waals surface area contributed by atoms with Gasteiger partial charge in [-0.25, -0.2) is 8.78 Å². The second kappa shape index (κ2) is 4.97. The number of fused-ring (bicyclic) bond motifs is 1. The molecule has 0 spiro atoms. The Labute approximate surface area is 113 Å². The maximum absolute atomic E-state index is 13.5. The molecule has 1 aromatic heterocycles. The highest BCUT2D eigenvalue weighted by Crippen LogP contribution is 2.29. The van der Waals surface area contributed by atoms with Gasteiger partial charge in [-0.1, -0.05) is 18.2 Å². The molecule has 4 heteroatoms. The van der Waals surface area contributed by atoms with E-state index in [0.717, 1.165) is 10.9 Å². The number of thiophene rings is 1. The number of hydrogen-bond donors (Lipinski definition) is 0. The van der Waals surface area contributed by atoms with Crippen LogP contribution in [-0.2, 0) is 6.61 Å². The van der Waals surface area contributed by atoms with Crippen LogP contribution in [0, 0.1) is 11.6 Å². The zero-order chi connectivity index (χ0) is 13.2. The van der Waals surface area contributed by atoms with Gasteiger partial charge in [0, 0.05) is 17.0 Å². The Morgan fingerprint density at radius 1 is 1.05 bits per heavy atom. The Balaban J connectivity index is 1.84. The van der Waals surface area contributed by atoms with Crippen LogP contribution in [0.1, 0.15) is 5.56 Å². The van der Waals surface area contributed by atoms with Gasteiger partial charge in [0.05, 0.1) is 4.70 Å². The molecule has 0 bridgehead atoms. The summed E-state index contributed by atoms with van der Waals surface area (Å²) < 4.78 is 32.7. The van der Waals surface area contributed by atoms with Crippen LogP contribution in [0.4, 0.5) is 8.78 Å². The minimum atomic E-state index is -0.335. The number of rotatable bonds is 3. The highest BCUT2D eigenvalue weighted by Gasteiger charge is 2.08. The lowest BCUT2D eigenvalue weighted by molar-refractivity contribution is 0.306. The molecule has 96 valence electrons. The Bertz CT molecular complexity index is 721. The lowest BCUT2D eigenvalue weighted by Crippen LogP contribution is -1.94. The first-order valence-electron chi connectivity index (χ1n) is 5.77. The van der Waals surface area contributed by atoms with Crippen LogP contribution in [0.3, 0.4) is 0 Å². The van der Waals surface area contributed by atoms with Crippen LogP contribution >= 0.6 is 11.3 Å². The smallest absolute Gasteiger partial charge is 0.140 e. The number of hydrogen-bond acceptors (Lipinski definition) is 2. The molecule has 2 aromatic carbocycles. The van der Waals surface area contributed by atoms with Crippen LogP contribution in [-0.4, -0.2) is 0 Å². The zero-order valence-corrected chi connectivity index (χ0v) is 10.7. The van der Waals surface area contributed by atoms with E-state index in [0.29, 0.717) is 17.1 Å². The van der Waals surface area contributed by atoms with Crippen LogP contribution in [0.2, 0.25) is 0 Å². The van der Waals surface area contributed by atoms with Crippen molar-refractivity contribution in [3.63, 3.8) is 0 Å². The summed E-state index contributed by atoms with van der Waals surface area (Å²) in [4.78, 5) is 0. The molecule has 0 N–H and O–H groups in total. The molecule has 3 rings (SSSR count). The summed E-state index contributed by atoms with van der Waals surface area (Å²) in [6.07, 6.45) is 0. The summed E-state index contributed by atoms with van der Waals surface area (Å²) in [5, 5.41) is 2.72. The standard InChI is InChI=1S/C15H10F2OS/c16-11-3-1-4-12(7-11)18-8-10-9-19-15-13(10)5-2-6-14(15)17/h1-7,9H,8H2. The van der Waals surface area contributed by atoms with Crippen molar-refractivity contribution in [2.45, 2.75) is 6.61 Å². The molecule has 19 heavy (non-hydrogen) atoms. The van der Waals surface area contributed by atoms with Crippen molar-refractivity contribution in [3.8, 4) is 5.75 Å². The summed E-state index contributed by atoms with van der Waals surface area (Å²) in [6, 6.07) is 11.0. The van der Waals surface area contributed by atoms with Gasteiger partial charge >= 0.3 is 0 Å². The van der Waals surface area contributed by atoms with Crippen LogP contribution in [0.5, 0.6) is 5.75 Å². The number of ether oxygens (including phenoxy) is 1. The van der Waals surface area contributed by atoms with Crippen LogP contribution in [0.25, 0.3) is 10.1 Å². The lowest BCUT2D eigenvalue weighted by Gasteiger charge is -2.05. The van der Waals surface area contributed by atoms with Crippen molar-refractivity contribution >= 4 is 21.4 Å². The van der Waals surface area contributed by atoms with Gasteiger partial charge in [-0.2, -0.15) is 0 Å². The molecule has 0 fully saturated rings. The normalized spacial score (nSPS) is 10.8. The molecule has 0 radical (unpaired) electrons. The minimum absolute atomic E-state index is 0.223. The quantitative estimate of drug-likeness (QED) is 0.670. The lowest BCUT2D eigenvalue weighted by atomic mass is 10.2. The van der Waals surface area contributed by atoms with Gasteiger partial charge < -0.3 is 4.74 Å². The number of halogens is 2. The average molecular weight is 276 g/mol. The maximum Gasteiger partial charge on any atom is 0.140 e. The molecule has 1 heterocycles. The van der Waals surface area contributed by atoms with E-state index in [-0.39, 0.29) is 11.6 Å². The van der Waals surface area contributed by atoms with E-state index in [4.69, 9.17) is 4.74 Å². The first-order valence-corrected chi connectivity index (χ1v) is 6.65. The highest BCUT2D eigenvalue weighted by atomic mass is 32.1. The molecular formula is C15H10F2OS. The fourth-order valence-corrected chi connectivity index (χ4v) is 2.87. The maximum atomic E-state index is 13.5. The predicted molar refractivity (Wildman–Crippen MR) is 72.5 cm³/mol. The number of benzene rings is 2. The van der Waals surface area contributed by atoms with Crippen molar-refractivity contribution in [1.29, 1.82) is 0 Å². The van der Waals surface area contributed by atoms with Gasteiger partial charge in [0.15, 0.2) is 0 Å². The van der Waals surface area contributed by atoms with Crippen molar-refractivity contribution < 1.29 is 13.5 Å². The van der Waals surface area contributed by atoms with Gasteiger partial charge in [-0.3, -0.25) is 0 Å². The Morgan fingerprint density at radius 3 is 2.74 bits per heavy atom. The monoisotopic (exact) mass is 276 g/mol. The molecule has 0 aliphatic heterocycles. The van der Waals surface area contributed by atoms with Gasteiger partial charge in [0.2, 0.25) is 0 Å². The van der Waals surface area contributed by atoms with E-state index in [1.54, 1.807) is 18.2 Å². The predicted octanol–water partition coefficient (Wildman–Crippen LogP) is 4.76. The molecular weight excluding hydrogens is 266 g/mol. The van der Waals surface area contributed by atoms with Gasteiger partial charge in [-0.05, 0) is 23.6 Å². The summed E-state index contributed by atoms with van der Waals surface area (Å²) in [5.74, 6) is -0.0889. The first kappa shape index (κ1) is 12.1. The van der Waals surface area contributed by atoms with Gasteiger partial charge in [0.1, 0.15) is 24.0 Å². The summed E-state index contributed by atoms with van der Waals surface area (Å²) >= 11 is 1.35. The molecule has 0 atom stereocenters. The molecule has 1 nitrogen and oxygen atoms in total. The van der Waals surface area contributed by atoms with E-state index in [1.165, 1.54) is 29.5 Å². The fourth-order valence-electron chi connectivity index (χ4n) is 1.90. The third-order valence-electron chi connectivity index (χ3n) is 2.82. The minimum Gasteiger partial charge on any atom is -0.489 e. The molecule has 0 saturated heterocycles. The second-order valence-electron chi connectivity index (χ2n) is 4.12. The molecule has 0 aliphatic rings. The van der Waals surface area contributed by atoms with Crippen molar-refractivity contribution in [2.24, 2.45) is 0 Å². The Kier molecular flexibility index (Phi) is 3.17. The third-order valence-corrected chi connectivity index (χ3v) is 3.88. The summed E-state index contributed by atoms with van der Waals surface area (Å²) in [7, 11) is 0. The molecule has 0 saturated carbocycles. The SMILES string of the molecule is Fc1cccc(OCc2csc3c(F)cccc23)c1. The van der Waals surface area contributed by atoms with Crippen LogP contribution < -0.4 is 4.74 Å².